The van der Waals surface area contributed by atoms with Crippen molar-refractivity contribution in [3.8, 4) is 0 Å². The van der Waals surface area contributed by atoms with E-state index < -0.39 is 16.5 Å². The molecule has 1 aliphatic rings. The first-order chi connectivity index (χ1) is 9.51. The van der Waals surface area contributed by atoms with E-state index in [2.05, 4.69) is 29.5 Å². The van der Waals surface area contributed by atoms with Crippen LogP contribution in [0.5, 0.6) is 0 Å². The summed E-state index contributed by atoms with van der Waals surface area (Å²) in [4.78, 5) is 27.3. The predicted molar refractivity (Wildman–Crippen MR) is 92.3 cm³/mol. The maximum atomic E-state index is 12.3. The molecule has 1 saturated heterocycles. The van der Waals surface area contributed by atoms with Gasteiger partial charge in [-0.2, -0.15) is 0 Å². The minimum atomic E-state index is -0.526. The fraction of sp³-hybridized carbons (Fsp3) is 0.857. The fourth-order valence-corrected chi connectivity index (χ4v) is 3.32. The Balaban J connectivity index is 2.92. The molecule has 1 heterocycles. The van der Waals surface area contributed by atoms with Crippen molar-refractivity contribution in [2.24, 2.45) is 0 Å². The number of alkyl halides is 1. The van der Waals surface area contributed by atoms with Crippen molar-refractivity contribution in [1.82, 2.24) is 9.80 Å². The van der Waals surface area contributed by atoms with Gasteiger partial charge in [0.25, 0.3) is 0 Å². The van der Waals surface area contributed by atoms with Gasteiger partial charge in [0.15, 0.2) is 0 Å². The molecule has 122 valence electrons. The van der Waals surface area contributed by atoms with E-state index in [1.165, 1.54) is 0 Å². The number of amides is 2. The normalized spacial score (nSPS) is 24.7. The molecule has 7 heteroatoms. The van der Waals surface area contributed by atoms with E-state index in [4.69, 9.17) is 16.3 Å². The lowest BCUT2D eigenvalue weighted by Gasteiger charge is -2.50. The lowest BCUT2D eigenvalue weighted by molar-refractivity contribution is -0.00518. The third kappa shape index (κ3) is 4.61. The molecule has 0 spiro atoms. The van der Waals surface area contributed by atoms with Gasteiger partial charge in [0.2, 0.25) is 0 Å². The highest BCUT2D eigenvalue weighted by Crippen LogP contribution is 2.33. The summed E-state index contributed by atoms with van der Waals surface area (Å²) in [5, 5.41) is -0.462. The number of nitrogens with zero attached hydrogens (tertiary/aromatic N) is 2. The second kappa shape index (κ2) is 6.89. The smallest absolute Gasteiger partial charge is 0.410 e. The van der Waals surface area contributed by atoms with Crippen molar-refractivity contribution in [3.63, 3.8) is 0 Å². The molecule has 0 radical (unpaired) electrons. The SMILES string of the molecule is CCC(I)C1(C)CN(C(=O)OC(C)(C)C)CCN1C(=O)Cl. The minimum absolute atomic E-state index is 0.197. The van der Waals surface area contributed by atoms with E-state index in [1.807, 2.05) is 27.7 Å². The Morgan fingerprint density at radius 2 is 1.95 bits per heavy atom. The van der Waals surface area contributed by atoms with Crippen LogP contribution in [0.1, 0.15) is 41.0 Å². The Morgan fingerprint density at radius 1 is 1.38 bits per heavy atom. The number of rotatable bonds is 2. The molecule has 2 atom stereocenters. The average Bonchev–Trinajstić information content (AvgIpc) is 2.34. The predicted octanol–water partition coefficient (Wildman–Crippen LogP) is 3.87. The van der Waals surface area contributed by atoms with Gasteiger partial charge < -0.3 is 14.5 Å². The highest BCUT2D eigenvalue weighted by molar-refractivity contribution is 14.1. The highest BCUT2D eigenvalue weighted by atomic mass is 127. The molecular weight excluding hydrogens is 407 g/mol. The van der Waals surface area contributed by atoms with E-state index in [-0.39, 0.29) is 10.0 Å². The Morgan fingerprint density at radius 3 is 2.38 bits per heavy atom. The third-order valence-electron chi connectivity index (χ3n) is 3.62. The van der Waals surface area contributed by atoms with Gasteiger partial charge in [-0.3, -0.25) is 4.79 Å². The molecule has 1 aliphatic heterocycles. The monoisotopic (exact) mass is 430 g/mol. The van der Waals surface area contributed by atoms with Crippen LogP contribution >= 0.6 is 34.2 Å². The van der Waals surface area contributed by atoms with Crippen LogP contribution < -0.4 is 0 Å². The molecule has 5 nitrogen and oxygen atoms in total. The van der Waals surface area contributed by atoms with Crippen molar-refractivity contribution in [3.05, 3.63) is 0 Å². The zero-order chi connectivity index (χ0) is 16.4. The van der Waals surface area contributed by atoms with Crippen molar-refractivity contribution in [2.45, 2.75) is 56.1 Å². The van der Waals surface area contributed by atoms with Gasteiger partial charge in [-0.1, -0.05) is 29.5 Å². The van der Waals surface area contributed by atoms with E-state index in [0.29, 0.717) is 19.6 Å². The zero-order valence-electron chi connectivity index (χ0n) is 13.3. The van der Waals surface area contributed by atoms with Crippen LogP contribution in [0.4, 0.5) is 9.59 Å². The lowest BCUT2D eigenvalue weighted by Crippen LogP contribution is -2.66. The molecule has 21 heavy (non-hydrogen) atoms. The van der Waals surface area contributed by atoms with Crippen LogP contribution in [-0.4, -0.2) is 56.0 Å². The zero-order valence-corrected chi connectivity index (χ0v) is 16.2. The molecular formula is C14H24ClIN2O3. The Bertz CT molecular complexity index is 414. The summed E-state index contributed by atoms with van der Waals surface area (Å²) in [6, 6.07) is 0. The minimum Gasteiger partial charge on any atom is -0.444 e. The third-order valence-corrected chi connectivity index (χ3v) is 6.04. The fourth-order valence-electron chi connectivity index (χ4n) is 2.51. The molecule has 1 rings (SSSR count). The Hall–Kier alpha value is -0.240. The van der Waals surface area contributed by atoms with Gasteiger partial charge >= 0.3 is 11.5 Å². The van der Waals surface area contributed by atoms with Crippen LogP contribution in [0.25, 0.3) is 0 Å². The number of ether oxygens (including phenoxy) is 1. The average molecular weight is 431 g/mol. The number of hydrogen-bond donors (Lipinski definition) is 0. The second-order valence-corrected chi connectivity index (χ2v) is 8.37. The van der Waals surface area contributed by atoms with Crippen LogP contribution in [0.3, 0.4) is 0 Å². The van der Waals surface area contributed by atoms with Gasteiger partial charge in [0.1, 0.15) is 5.60 Å². The molecule has 1 fully saturated rings. The molecule has 0 aromatic carbocycles. The summed E-state index contributed by atoms with van der Waals surface area (Å²) in [5.74, 6) is 0. The molecule has 2 unspecified atom stereocenters. The first kappa shape index (κ1) is 18.8. The molecule has 0 saturated carbocycles. The van der Waals surface area contributed by atoms with Gasteiger partial charge in [-0.25, -0.2) is 4.79 Å². The van der Waals surface area contributed by atoms with Crippen LogP contribution in [-0.2, 0) is 4.74 Å². The van der Waals surface area contributed by atoms with Gasteiger partial charge in [-0.15, -0.1) is 0 Å². The maximum Gasteiger partial charge on any atom is 0.410 e. The Kier molecular flexibility index (Phi) is 6.17. The molecule has 0 N–H and O–H groups in total. The van der Waals surface area contributed by atoms with Crippen molar-refractivity contribution >= 4 is 45.7 Å². The van der Waals surface area contributed by atoms with E-state index in [1.54, 1.807) is 9.80 Å². The maximum absolute atomic E-state index is 12.3. The van der Waals surface area contributed by atoms with E-state index >= 15 is 0 Å². The van der Waals surface area contributed by atoms with Crippen LogP contribution in [0.2, 0.25) is 0 Å². The number of hydrogen-bond acceptors (Lipinski definition) is 3. The summed E-state index contributed by atoms with van der Waals surface area (Å²) in [6.07, 6.45) is 0.551. The topological polar surface area (TPSA) is 49.9 Å². The van der Waals surface area contributed by atoms with Crippen molar-refractivity contribution in [2.75, 3.05) is 19.6 Å². The number of halogens is 2. The van der Waals surface area contributed by atoms with Gasteiger partial charge in [0, 0.05) is 23.6 Å². The summed E-state index contributed by atoms with van der Waals surface area (Å²) >= 11 is 8.05. The first-order valence-electron chi connectivity index (χ1n) is 7.10. The van der Waals surface area contributed by atoms with Crippen LogP contribution in [0, 0.1) is 0 Å². The lowest BCUT2D eigenvalue weighted by atomic mass is 9.91. The second-order valence-electron chi connectivity index (χ2n) is 6.54. The van der Waals surface area contributed by atoms with Crippen molar-refractivity contribution < 1.29 is 14.3 Å². The Labute approximate surface area is 145 Å². The molecule has 2 amide bonds. The molecule has 0 aromatic rings. The quantitative estimate of drug-likeness (QED) is 0.289. The number of carbonyl (C=O) groups excluding carboxylic acids is 2. The highest BCUT2D eigenvalue weighted by Gasteiger charge is 2.46. The van der Waals surface area contributed by atoms with Gasteiger partial charge in [-0.05, 0) is 45.7 Å². The summed E-state index contributed by atoms with van der Waals surface area (Å²) in [7, 11) is 0. The van der Waals surface area contributed by atoms with Crippen molar-refractivity contribution in [1.29, 1.82) is 0 Å². The largest absolute Gasteiger partial charge is 0.444 e. The van der Waals surface area contributed by atoms with Gasteiger partial charge in [0.05, 0.1) is 5.54 Å². The summed E-state index contributed by atoms with van der Waals surface area (Å²) < 4.78 is 5.62. The standard InChI is InChI=1S/C14H24ClIN2O3/c1-6-10(16)14(5)9-17(7-8-18(14)11(15)19)12(20)21-13(2,3)4/h10H,6-9H2,1-5H3. The van der Waals surface area contributed by atoms with Crippen LogP contribution in [0.15, 0.2) is 0 Å². The first-order valence-corrected chi connectivity index (χ1v) is 8.72. The number of piperazine rings is 1. The molecule has 0 aliphatic carbocycles. The number of carbonyl (C=O) groups is 2. The van der Waals surface area contributed by atoms with E-state index in [0.717, 1.165) is 6.42 Å². The summed E-state index contributed by atoms with van der Waals surface area (Å²) in [6.45, 7) is 10.9. The molecule has 0 aromatic heterocycles. The summed E-state index contributed by atoms with van der Waals surface area (Å²) in [5.41, 5.74) is -1.01. The molecule has 0 bridgehead atoms. The van der Waals surface area contributed by atoms with E-state index in [9.17, 15) is 9.59 Å².